The number of aromatic amines is 1. The zero-order valence-corrected chi connectivity index (χ0v) is 20.2. The van der Waals surface area contributed by atoms with E-state index in [1.807, 2.05) is 13.0 Å². The summed E-state index contributed by atoms with van der Waals surface area (Å²) in [7, 11) is 0. The summed E-state index contributed by atoms with van der Waals surface area (Å²) in [5.41, 5.74) is 2.36. The van der Waals surface area contributed by atoms with Gasteiger partial charge in [-0.2, -0.15) is 0 Å². The lowest BCUT2D eigenvalue weighted by molar-refractivity contribution is 0.0748. The molecule has 9 heteroatoms. The number of carbonyl (C=O) groups is 2. The number of rotatable bonds is 6. The van der Waals surface area contributed by atoms with Crippen LogP contribution in [-0.2, 0) is 19.4 Å². The minimum Gasteiger partial charge on any atom is -0.331 e. The zero-order chi connectivity index (χ0) is 24.4. The highest BCUT2D eigenvalue weighted by Gasteiger charge is 2.29. The van der Waals surface area contributed by atoms with Gasteiger partial charge in [0.2, 0.25) is 0 Å². The Kier molecular flexibility index (Phi) is 6.41. The molecule has 2 amide bonds. The molecule has 35 heavy (non-hydrogen) atoms. The third-order valence-electron chi connectivity index (χ3n) is 6.21. The molecular weight excluding hydrogens is 462 g/mol. The third kappa shape index (κ3) is 4.59. The van der Waals surface area contributed by atoms with Crippen molar-refractivity contribution in [3.63, 3.8) is 0 Å². The van der Waals surface area contributed by atoms with Gasteiger partial charge in [-0.1, -0.05) is 12.1 Å². The molecule has 1 aromatic carbocycles. The zero-order valence-electron chi connectivity index (χ0n) is 19.3. The standard InChI is InChI=1S/C26H25N5O3S/c1-2-31(15-21-28-19-11-5-3-9-17(19)24(33)29-21)26(34)22-18-10-4-6-12-20(18)35-25(22)30-23(32)16-8-7-13-27-14-16/h3,5,7-9,11,13-14H,2,4,6,10,12,15H2,1H3,(H,30,32)(H,28,29,33). The van der Waals surface area contributed by atoms with Crippen LogP contribution in [0.3, 0.4) is 0 Å². The molecule has 1 aliphatic rings. The van der Waals surface area contributed by atoms with Crippen LogP contribution in [0, 0.1) is 0 Å². The largest absolute Gasteiger partial charge is 0.331 e. The first kappa shape index (κ1) is 22.9. The number of aromatic nitrogens is 3. The first-order valence-electron chi connectivity index (χ1n) is 11.7. The van der Waals surface area contributed by atoms with Crippen LogP contribution in [0.5, 0.6) is 0 Å². The number of nitrogens with one attached hydrogen (secondary N) is 2. The van der Waals surface area contributed by atoms with E-state index in [2.05, 4.69) is 20.3 Å². The van der Waals surface area contributed by atoms with Gasteiger partial charge in [0.25, 0.3) is 17.4 Å². The lowest BCUT2D eigenvalue weighted by atomic mass is 9.95. The van der Waals surface area contributed by atoms with Crippen molar-refractivity contribution in [2.24, 2.45) is 0 Å². The fraction of sp³-hybridized carbons (Fsp3) is 0.269. The van der Waals surface area contributed by atoms with Crippen molar-refractivity contribution in [3.05, 3.63) is 86.5 Å². The first-order chi connectivity index (χ1) is 17.0. The van der Waals surface area contributed by atoms with Gasteiger partial charge in [0, 0.05) is 23.8 Å². The maximum atomic E-state index is 13.8. The molecule has 3 aromatic heterocycles. The number of thiophene rings is 1. The molecule has 0 radical (unpaired) electrons. The van der Waals surface area contributed by atoms with Crippen LogP contribution in [-0.4, -0.2) is 38.2 Å². The monoisotopic (exact) mass is 487 g/mol. The van der Waals surface area contributed by atoms with Gasteiger partial charge in [-0.15, -0.1) is 11.3 Å². The van der Waals surface area contributed by atoms with Crippen molar-refractivity contribution in [2.75, 3.05) is 11.9 Å². The van der Waals surface area contributed by atoms with E-state index < -0.39 is 0 Å². The smallest absolute Gasteiger partial charge is 0.258 e. The maximum Gasteiger partial charge on any atom is 0.258 e. The van der Waals surface area contributed by atoms with E-state index in [4.69, 9.17) is 0 Å². The molecule has 3 heterocycles. The Morgan fingerprint density at radius 3 is 2.77 bits per heavy atom. The van der Waals surface area contributed by atoms with Gasteiger partial charge < -0.3 is 15.2 Å². The summed E-state index contributed by atoms with van der Waals surface area (Å²) in [6.07, 6.45) is 6.89. The molecule has 0 unspecified atom stereocenters. The number of hydrogen-bond donors (Lipinski definition) is 2. The molecule has 2 N–H and O–H groups in total. The molecule has 0 fully saturated rings. The number of fused-ring (bicyclic) bond motifs is 2. The normalized spacial score (nSPS) is 12.8. The highest BCUT2D eigenvalue weighted by molar-refractivity contribution is 7.17. The Morgan fingerprint density at radius 1 is 1.14 bits per heavy atom. The summed E-state index contributed by atoms with van der Waals surface area (Å²) in [6.45, 7) is 2.48. The second-order valence-corrected chi connectivity index (χ2v) is 9.57. The molecule has 178 valence electrons. The molecule has 0 atom stereocenters. The molecular formula is C26H25N5O3S. The van der Waals surface area contributed by atoms with Gasteiger partial charge in [0.1, 0.15) is 10.8 Å². The number of anilines is 1. The highest BCUT2D eigenvalue weighted by Crippen LogP contribution is 2.39. The topological polar surface area (TPSA) is 108 Å². The number of H-pyrrole nitrogens is 1. The molecule has 4 aromatic rings. The lowest BCUT2D eigenvalue weighted by Crippen LogP contribution is -2.33. The molecule has 0 saturated carbocycles. The first-order valence-corrected chi connectivity index (χ1v) is 12.5. The number of para-hydroxylation sites is 1. The minimum atomic E-state index is -0.297. The average molecular weight is 488 g/mol. The molecule has 0 saturated heterocycles. The van der Waals surface area contributed by atoms with Crippen LogP contribution in [0.25, 0.3) is 10.9 Å². The number of benzene rings is 1. The van der Waals surface area contributed by atoms with Crippen LogP contribution in [0.15, 0.2) is 53.6 Å². The second kappa shape index (κ2) is 9.79. The number of nitrogens with zero attached hydrogens (tertiary/aromatic N) is 3. The number of amides is 2. The van der Waals surface area contributed by atoms with Crippen LogP contribution in [0.1, 0.15) is 56.7 Å². The maximum absolute atomic E-state index is 13.8. The number of pyridine rings is 1. The minimum absolute atomic E-state index is 0.163. The van der Waals surface area contributed by atoms with Crippen LogP contribution in [0.4, 0.5) is 5.00 Å². The van der Waals surface area contributed by atoms with Gasteiger partial charge in [-0.05, 0) is 62.4 Å². The van der Waals surface area contributed by atoms with Crippen molar-refractivity contribution >= 4 is 39.1 Å². The van der Waals surface area contributed by atoms with E-state index in [-0.39, 0.29) is 23.9 Å². The summed E-state index contributed by atoms with van der Waals surface area (Å²) >= 11 is 1.48. The van der Waals surface area contributed by atoms with E-state index in [1.165, 1.54) is 17.5 Å². The quantitative estimate of drug-likeness (QED) is 0.424. The van der Waals surface area contributed by atoms with Gasteiger partial charge in [-0.3, -0.25) is 19.4 Å². The van der Waals surface area contributed by atoms with E-state index in [0.717, 1.165) is 36.1 Å². The predicted molar refractivity (Wildman–Crippen MR) is 136 cm³/mol. The van der Waals surface area contributed by atoms with E-state index in [0.29, 0.717) is 39.4 Å². The molecule has 5 rings (SSSR count). The lowest BCUT2D eigenvalue weighted by Gasteiger charge is -2.22. The van der Waals surface area contributed by atoms with Crippen molar-refractivity contribution < 1.29 is 9.59 Å². The molecule has 0 bridgehead atoms. The Bertz CT molecular complexity index is 1460. The van der Waals surface area contributed by atoms with E-state index >= 15 is 0 Å². The second-order valence-electron chi connectivity index (χ2n) is 8.46. The van der Waals surface area contributed by atoms with Crippen molar-refractivity contribution in [2.45, 2.75) is 39.2 Å². The number of hydrogen-bond acceptors (Lipinski definition) is 6. The van der Waals surface area contributed by atoms with Crippen LogP contribution in [0.2, 0.25) is 0 Å². The van der Waals surface area contributed by atoms with Gasteiger partial charge in [-0.25, -0.2) is 4.98 Å². The summed E-state index contributed by atoms with van der Waals surface area (Å²) in [5.74, 6) is -0.0486. The van der Waals surface area contributed by atoms with Gasteiger partial charge in [0.15, 0.2) is 0 Å². The van der Waals surface area contributed by atoms with E-state index in [1.54, 1.807) is 41.4 Å². The summed E-state index contributed by atoms with van der Waals surface area (Å²) in [6, 6.07) is 10.5. The van der Waals surface area contributed by atoms with Gasteiger partial charge >= 0.3 is 0 Å². The predicted octanol–water partition coefficient (Wildman–Crippen LogP) is 4.17. The summed E-state index contributed by atoms with van der Waals surface area (Å²) < 4.78 is 0. The third-order valence-corrected chi connectivity index (χ3v) is 7.41. The number of carbonyl (C=O) groups excluding carboxylic acids is 2. The van der Waals surface area contributed by atoms with Gasteiger partial charge in [0.05, 0.1) is 28.6 Å². The van der Waals surface area contributed by atoms with Crippen LogP contribution < -0.4 is 10.9 Å². The van der Waals surface area contributed by atoms with Crippen molar-refractivity contribution in [1.82, 2.24) is 19.9 Å². The molecule has 0 spiro atoms. The fourth-order valence-corrected chi connectivity index (χ4v) is 5.70. The SMILES string of the molecule is CCN(Cc1nc2ccccc2c(=O)[nH]1)C(=O)c1c(NC(=O)c2cccnc2)sc2c1CCCC2. The van der Waals surface area contributed by atoms with Crippen molar-refractivity contribution in [3.8, 4) is 0 Å². The van der Waals surface area contributed by atoms with Crippen LogP contribution >= 0.6 is 11.3 Å². The Labute approximate surface area is 206 Å². The number of aryl methyl sites for hydroxylation is 1. The average Bonchev–Trinajstić information content (AvgIpc) is 3.25. The molecule has 0 aliphatic heterocycles. The summed E-state index contributed by atoms with van der Waals surface area (Å²) in [4.78, 5) is 53.4. The molecule has 8 nitrogen and oxygen atoms in total. The Hall–Kier alpha value is -3.85. The Balaban J connectivity index is 1.48. The highest BCUT2D eigenvalue weighted by atomic mass is 32.1. The summed E-state index contributed by atoms with van der Waals surface area (Å²) in [5, 5.41) is 4.04. The van der Waals surface area contributed by atoms with E-state index in [9.17, 15) is 14.4 Å². The van der Waals surface area contributed by atoms with Crippen molar-refractivity contribution in [1.29, 1.82) is 0 Å². The molecule has 1 aliphatic carbocycles. The Morgan fingerprint density at radius 2 is 1.97 bits per heavy atom. The fourth-order valence-electron chi connectivity index (χ4n) is 4.43.